The minimum atomic E-state index is -0.196. The molecule has 2 aliphatic rings. The highest BCUT2D eigenvalue weighted by molar-refractivity contribution is 5.95. The van der Waals surface area contributed by atoms with Gasteiger partial charge < -0.3 is 10.0 Å². The third-order valence-electron chi connectivity index (χ3n) is 5.56. The Kier molecular flexibility index (Phi) is 4.03. The summed E-state index contributed by atoms with van der Waals surface area (Å²) >= 11 is 0. The molecule has 0 radical (unpaired) electrons. The monoisotopic (exact) mass is 332 g/mol. The number of aliphatic hydroxyl groups excluding tert-OH is 1. The number of hydrogen-bond donors (Lipinski definition) is 1. The smallest absolute Gasteiger partial charge is 0.254 e. The van der Waals surface area contributed by atoms with Crippen molar-refractivity contribution in [2.24, 2.45) is 5.92 Å². The van der Waals surface area contributed by atoms with E-state index in [1.807, 2.05) is 41.4 Å². The van der Waals surface area contributed by atoms with E-state index in [4.69, 9.17) is 5.11 Å². The van der Waals surface area contributed by atoms with E-state index in [2.05, 4.69) is 22.9 Å². The number of likely N-dealkylation sites (tertiary alicyclic amines) is 1. The van der Waals surface area contributed by atoms with E-state index < -0.39 is 0 Å². The highest BCUT2D eigenvalue weighted by atomic mass is 16.2. The van der Waals surface area contributed by atoms with Gasteiger partial charge in [-0.3, -0.25) is 9.78 Å². The van der Waals surface area contributed by atoms with E-state index in [0.29, 0.717) is 11.5 Å². The van der Waals surface area contributed by atoms with Crippen LogP contribution in [0.5, 0.6) is 0 Å². The van der Waals surface area contributed by atoms with Crippen LogP contribution in [0, 0.1) is 17.8 Å². The Morgan fingerprint density at radius 1 is 1.32 bits per heavy atom. The number of amides is 1. The lowest BCUT2D eigenvalue weighted by Gasteiger charge is -2.50. The second-order valence-corrected chi connectivity index (χ2v) is 6.69. The molecule has 126 valence electrons. The quantitative estimate of drug-likeness (QED) is 0.860. The fraction of sp³-hybridized carbons (Fsp3) is 0.333. The van der Waals surface area contributed by atoms with E-state index in [-0.39, 0.29) is 18.1 Å². The minimum absolute atomic E-state index is 0.0544. The molecule has 0 unspecified atom stereocenters. The minimum Gasteiger partial charge on any atom is -0.384 e. The molecule has 2 aromatic rings. The van der Waals surface area contributed by atoms with Gasteiger partial charge in [0.25, 0.3) is 5.91 Å². The molecule has 1 N–H and O–H groups in total. The fourth-order valence-electron chi connectivity index (χ4n) is 4.31. The summed E-state index contributed by atoms with van der Waals surface area (Å²) in [6.45, 7) is 0.598. The van der Waals surface area contributed by atoms with Crippen LogP contribution in [0.1, 0.15) is 40.7 Å². The van der Waals surface area contributed by atoms with Crippen molar-refractivity contribution in [2.75, 3.05) is 13.2 Å². The Morgan fingerprint density at radius 3 is 2.96 bits per heavy atom. The highest BCUT2D eigenvalue weighted by Gasteiger charge is 2.57. The van der Waals surface area contributed by atoms with Crippen LogP contribution in [0.25, 0.3) is 0 Å². The van der Waals surface area contributed by atoms with Gasteiger partial charge in [-0.25, -0.2) is 0 Å². The van der Waals surface area contributed by atoms with Gasteiger partial charge in [0.1, 0.15) is 6.61 Å². The maximum absolute atomic E-state index is 13.2. The number of aromatic nitrogens is 1. The molecule has 1 saturated heterocycles. The first-order valence-electron chi connectivity index (χ1n) is 8.68. The van der Waals surface area contributed by atoms with Gasteiger partial charge in [0.15, 0.2) is 0 Å². The Hall–Kier alpha value is -2.64. The number of pyridine rings is 1. The summed E-state index contributed by atoms with van der Waals surface area (Å²) in [6, 6.07) is 11.4. The van der Waals surface area contributed by atoms with Gasteiger partial charge in [-0.1, -0.05) is 24.0 Å². The van der Waals surface area contributed by atoms with Crippen molar-refractivity contribution in [2.45, 2.75) is 24.8 Å². The zero-order chi connectivity index (χ0) is 17.3. The van der Waals surface area contributed by atoms with Crippen LogP contribution in [0.4, 0.5) is 0 Å². The van der Waals surface area contributed by atoms with Gasteiger partial charge in [0, 0.05) is 30.1 Å². The van der Waals surface area contributed by atoms with Crippen molar-refractivity contribution >= 4 is 5.91 Å². The SMILES string of the molecule is O=C(c1cccc(C#CCO)c1)N1CC[C@@H]2CC[C@@]21c1cccnc1. The molecule has 4 rings (SSSR count). The predicted molar refractivity (Wildman–Crippen MR) is 94.7 cm³/mol. The summed E-state index contributed by atoms with van der Waals surface area (Å²) in [5, 5.41) is 8.86. The van der Waals surface area contributed by atoms with Crippen molar-refractivity contribution in [3.8, 4) is 11.8 Å². The fourth-order valence-corrected chi connectivity index (χ4v) is 4.31. The van der Waals surface area contributed by atoms with E-state index in [9.17, 15) is 4.79 Å². The van der Waals surface area contributed by atoms with Crippen molar-refractivity contribution in [3.63, 3.8) is 0 Å². The number of rotatable bonds is 2. The summed E-state index contributed by atoms with van der Waals surface area (Å²) in [7, 11) is 0. The Balaban J connectivity index is 1.68. The molecular formula is C21H20N2O2. The first kappa shape index (κ1) is 15.9. The summed E-state index contributed by atoms with van der Waals surface area (Å²) in [6.07, 6.45) is 6.89. The lowest BCUT2D eigenvalue weighted by molar-refractivity contribution is 0.0142. The number of aliphatic hydroxyl groups is 1. The summed E-state index contributed by atoms with van der Waals surface area (Å²) in [5.74, 6) is 6.09. The molecule has 4 heteroatoms. The summed E-state index contributed by atoms with van der Waals surface area (Å²) < 4.78 is 0. The predicted octanol–water partition coefficient (Wildman–Crippen LogP) is 2.58. The lowest BCUT2D eigenvalue weighted by Crippen LogP contribution is -2.53. The largest absolute Gasteiger partial charge is 0.384 e. The molecule has 2 heterocycles. The van der Waals surface area contributed by atoms with Crippen LogP contribution in [-0.4, -0.2) is 34.0 Å². The van der Waals surface area contributed by atoms with E-state index in [1.54, 1.807) is 6.20 Å². The lowest BCUT2D eigenvalue weighted by atomic mass is 9.64. The van der Waals surface area contributed by atoms with Crippen LogP contribution >= 0.6 is 0 Å². The molecule has 0 bridgehead atoms. The number of nitrogens with zero attached hydrogens (tertiary/aromatic N) is 2. The van der Waals surface area contributed by atoms with Crippen LogP contribution < -0.4 is 0 Å². The first-order chi connectivity index (χ1) is 12.3. The molecule has 1 amide bonds. The number of carbonyl (C=O) groups excluding carboxylic acids is 1. The van der Waals surface area contributed by atoms with Crippen LogP contribution in [-0.2, 0) is 5.54 Å². The molecule has 25 heavy (non-hydrogen) atoms. The van der Waals surface area contributed by atoms with Gasteiger partial charge in [-0.2, -0.15) is 0 Å². The molecule has 2 atom stereocenters. The maximum Gasteiger partial charge on any atom is 0.254 e. The van der Waals surface area contributed by atoms with Gasteiger partial charge >= 0.3 is 0 Å². The van der Waals surface area contributed by atoms with Gasteiger partial charge in [0.2, 0.25) is 0 Å². The first-order valence-corrected chi connectivity index (χ1v) is 8.68. The number of hydrogen-bond acceptors (Lipinski definition) is 3. The molecule has 1 aromatic heterocycles. The van der Waals surface area contributed by atoms with E-state index in [1.165, 1.54) is 6.42 Å². The zero-order valence-corrected chi connectivity index (χ0v) is 14.0. The van der Waals surface area contributed by atoms with Crippen molar-refractivity contribution in [1.82, 2.24) is 9.88 Å². The molecule has 4 nitrogen and oxygen atoms in total. The van der Waals surface area contributed by atoms with Gasteiger partial charge in [0.05, 0.1) is 5.54 Å². The van der Waals surface area contributed by atoms with Crippen LogP contribution in [0.15, 0.2) is 48.8 Å². The molecule has 1 saturated carbocycles. The van der Waals surface area contributed by atoms with Crippen molar-refractivity contribution in [1.29, 1.82) is 0 Å². The van der Waals surface area contributed by atoms with E-state index >= 15 is 0 Å². The zero-order valence-electron chi connectivity index (χ0n) is 14.0. The summed E-state index contributed by atoms with van der Waals surface area (Å²) in [4.78, 5) is 19.6. The van der Waals surface area contributed by atoms with Crippen molar-refractivity contribution in [3.05, 3.63) is 65.5 Å². The molecule has 0 spiro atoms. The average molecular weight is 332 g/mol. The molecule has 1 aromatic carbocycles. The maximum atomic E-state index is 13.2. The number of benzene rings is 1. The standard InChI is InChI=1S/C21H20N2O2/c24-13-3-5-16-4-1-6-17(14-16)20(25)23-12-9-18-8-10-21(18,23)19-7-2-11-22-15-19/h1-2,4,6-7,11,14-15,18,24H,8-10,12-13H2/t18-,21-/m0/s1. The Labute approximate surface area is 147 Å². The Bertz CT molecular complexity index is 853. The number of fused-ring (bicyclic) bond motifs is 1. The normalized spacial score (nSPS) is 24.0. The third-order valence-corrected chi connectivity index (χ3v) is 5.56. The van der Waals surface area contributed by atoms with Crippen molar-refractivity contribution < 1.29 is 9.90 Å². The topological polar surface area (TPSA) is 53.4 Å². The van der Waals surface area contributed by atoms with Crippen LogP contribution in [0.2, 0.25) is 0 Å². The second kappa shape index (κ2) is 6.34. The Morgan fingerprint density at radius 2 is 2.24 bits per heavy atom. The van der Waals surface area contributed by atoms with E-state index in [0.717, 1.165) is 30.5 Å². The number of carbonyl (C=O) groups is 1. The second-order valence-electron chi connectivity index (χ2n) is 6.69. The molecule has 1 aliphatic carbocycles. The van der Waals surface area contributed by atoms with Gasteiger partial charge in [-0.05, 0) is 55.0 Å². The molecule has 2 fully saturated rings. The molecular weight excluding hydrogens is 312 g/mol. The molecule has 1 aliphatic heterocycles. The average Bonchev–Trinajstić information content (AvgIpc) is 2.91. The van der Waals surface area contributed by atoms with Crippen LogP contribution in [0.3, 0.4) is 0 Å². The highest BCUT2D eigenvalue weighted by Crippen LogP contribution is 2.57. The third kappa shape index (κ3) is 2.52. The van der Waals surface area contributed by atoms with Gasteiger partial charge in [-0.15, -0.1) is 0 Å². The summed E-state index contributed by atoms with van der Waals surface area (Å²) in [5.41, 5.74) is 2.35.